The van der Waals surface area contributed by atoms with E-state index in [4.69, 9.17) is 0 Å². The summed E-state index contributed by atoms with van der Waals surface area (Å²) < 4.78 is 0. The van der Waals surface area contributed by atoms with E-state index in [1.807, 2.05) is 36.4 Å². The lowest BCUT2D eigenvalue weighted by atomic mass is 10.1. The van der Waals surface area contributed by atoms with Crippen LogP contribution in [0.25, 0.3) is 0 Å². The van der Waals surface area contributed by atoms with Crippen molar-refractivity contribution in [3.8, 4) is 0 Å². The first-order valence-electron chi connectivity index (χ1n) is 9.39. The molecule has 0 saturated heterocycles. The van der Waals surface area contributed by atoms with Crippen molar-refractivity contribution in [1.29, 1.82) is 0 Å². The summed E-state index contributed by atoms with van der Waals surface area (Å²) in [6, 6.07) is 20.9. The zero-order valence-corrected chi connectivity index (χ0v) is 15.2. The maximum absolute atomic E-state index is 12.8. The maximum Gasteiger partial charge on any atom is 0.257 e. The molecule has 3 N–H and O–H groups in total. The molecular formula is C23H19N3O2. The largest absolute Gasteiger partial charge is 0.353 e. The first-order chi connectivity index (χ1) is 13.7. The predicted molar refractivity (Wildman–Crippen MR) is 109 cm³/mol. The van der Waals surface area contributed by atoms with E-state index in [2.05, 4.69) is 28.1 Å². The van der Waals surface area contributed by atoms with Crippen LogP contribution in [0.15, 0.2) is 66.7 Å². The number of fused-ring (bicyclic) bond motifs is 3. The summed E-state index contributed by atoms with van der Waals surface area (Å²) in [5, 5.41) is 9.30. The van der Waals surface area contributed by atoms with E-state index in [-0.39, 0.29) is 17.9 Å². The van der Waals surface area contributed by atoms with E-state index in [9.17, 15) is 9.59 Å². The second-order valence-corrected chi connectivity index (χ2v) is 7.15. The number of rotatable bonds is 2. The van der Waals surface area contributed by atoms with Gasteiger partial charge in [-0.05, 0) is 54.3 Å². The Morgan fingerprint density at radius 2 is 1.71 bits per heavy atom. The molecule has 2 aliphatic rings. The first-order valence-corrected chi connectivity index (χ1v) is 9.39. The lowest BCUT2D eigenvalue weighted by Gasteiger charge is -2.15. The molecule has 3 aromatic rings. The SMILES string of the molecule is O=C(NC1CCc2ccccc21)c1ccc2c(c1)NC(=O)c1ccccc1N2. The molecular weight excluding hydrogens is 350 g/mol. The van der Waals surface area contributed by atoms with Gasteiger partial charge < -0.3 is 16.0 Å². The van der Waals surface area contributed by atoms with Gasteiger partial charge in [-0.25, -0.2) is 0 Å². The molecule has 0 aromatic heterocycles. The van der Waals surface area contributed by atoms with Gasteiger partial charge in [-0.3, -0.25) is 9.59 Å². The number of anilines is 3. The van der Waals surface area contributed by atoms with Crippen molar-refractivity contribution in [3.63, 3.8) is 0 Å². The minimum absolute atomic E-state index is 0.0273. The van der Waals surface area contributed by atoms with Crippen LogP contribution < -0.4 is 16.0 Å². The van der Waals surface area contributed by atoms with Crippen molar-refractivity contribution < 1.29 is 9.59 Å². The molecule has 5 heteroatoms. The molecule has 0 radical (unpaired) electrons. The molecule has 0 bridgehead atoms. The zero-order chi connectivity index (χ0) is 19.1. The molecule has 1 aliphatic carbocycles. The highest BCUT2D eigenvalue weighted by Gasteiger charge is 2.25. The minimum Gasteiger partial charge on any atom is -0.353 e. The van der Waals surface area contributed by atoms with Crippen molar-refractivity contribution in [2.24, 2.45) is 0 Å². The smallest absolute Gasteiger partial charge is 0.257 e. The van der Waals surface area contributed by atoms with E-state index in [1.165, 1.54) is 11.1 Å². The average Bonchev–Trinajstić information content (AvgIpc) is 3.05. The lowest BCUT2D eigenvalue weighted by Crippen LogP contribution is -2.27. The van der Waals surface area contributed by atoms with Gasteiger partial charge in [0.15, 0.2) is 0 Å². The third kappa shape index (κ3) is 2.81. The van der Waals surface area contributed by atoms with Crippen LogP contribution in [-0.4, -0.2) is 11.8 Å². The molecule has 1 atom stereocenters. The summed E-state index contributed by atoms with van der Waals surface area (Å²) in [7, 11) is 0. The van der Waals surface area contributed by atoms with E-state index < -0.39 is 0 Å². The van der Waals surface area contributed by atoms with Gasteiger partial charge in [0.05, 0.1) is 28.7 Å². The van der Waals surface area contributed by atoms with E-state index in [1.54, 1.807) is 18.2 Å². The van der Waals surface area contributed by atoms with Crippen molar-refractivity contribution in [3.05, 3.63) is 89.0 Å². The van der Waals surface area contributed by atoms with Gasteiger partial charge in [-0.1, -0.05) is 36.4 Å². The molecule has 2 amide bonds. The number of carbonyl (C=O) groups is 2. The summed E-state index contributed by atoms with van der Waals surface area (Å²) in [6.07, 6.45) is 1.88. The quantitative estimate of drug-likeness (QED) is 0.626. The van der Waals surface area contributed by atoms with E-state index in [0.717, 1.165) is 24.2 Å². The fourth-order valence-corrected chi connectivity index (χ4v) is 3.97. The van der Waals surface area contributed by atoms with Gasteiger partial charge in [0, 0.05) is 5.56 Å². The summed E-state index contributed by atoms with van der Waals surface area (Å²) in [4.78, 5) is 25.4. The second-order valence-electron chi connectivity index (χ2n) is 7.15. The molecule has 28 heavy (non-hydrogen) atoms. The first kappa shape index (κ1) is 16.6. The monoisotopic (exact) mass is 369 g/mol. The molecule has 1 aliphatic heterocycles. The molecule has 3 aromatic carbocycles. The van der Waals surface area contributed by atoms with Crippen LogP contribution in [0.1, 0.15) is 44.3 Å². The van der Waals surface area contributed by atoms with Crippen LogP contribution in [0.5, 0.6) is 0 Å². The van der Waals surface area contributed by atoms with Gasteiger partial charge in [0.2, 0.25) is 0 Å². The Bertz CT molecular complexity index is 1110. The Morgan fingerprint density at radius 3 is 2.64 bits per heavy atom. The number of nitrogens with one attached hydrogen (secondary N) is 3. The summed E-state index contributed by atoms with van der Waals surface area (Å²) >= 11 is 0. The van der Waals surface area contributed by atoms with Crippen molar-refractivity contribution >= 4 is 28.9 Å². The third-order valence-electron chi connectivity index (χ3n) is 5.41. The van der Waals surface area contributed by atoms with Crippen LogP contribution in [0.3, 0.4) is 0 Å². The number of aryl methyl sites for hydroxylation is 1. The molecule has 1 unspecified atom stereocenters. The molecule has 0 fully saturated rings. The molecule has 138 valence electrons. The lowest BCUT2D eigenvalue weighted by molar-refractivity contribution is 0.0935. The van der Waals surface area contributed by atoms with Crippen molar-refractivity contribution in [2.45, 2.75) is 18.9 Å². The number of hydrogen-bond acceptors (Lipinski definition) is 3. The summed E-state index contributed by atoms with van der Waals surface area (Å²) in [5.41, 5.74) is 5.70. The number of benzene rings is 3. The highest BCUT2D eigenvalue weighted by atomic mass is 16.2. The Hall–Kier alpha value is -3.60. The fraction of sp³-hybridized carbons (Fsp3) is 0.130. The topological polar surface area (TPSA) is 70.2 Å². The minimum atomic E-state index is -0.191. The van der Waals surface area contributed by atoms with Crippen LogP contribution >= 0.6 is 0 Å². The van der Waals surface area contributed by atoms with Crippen LogP contribution in [0.4, 0.5) is 17.1 Å². The van der Waals surface area contributed by atoms with Gasteiger partial charge in [0.25, 0.3) is 11.8 Å². The number of para-hydroxylation sites is 1. The highest BCUT2D eigenvalue weighted by molar-refractivity contribution is 6.12. The standard InChI is InChI=1S/C23H19N3O2/c27-22(25-19-11-9-14-5-1-2-6-16(14)19)15-10-12-20-21(13-15)26-23(28)17-7-3-4-8-18(17)24-20/h1-8,10,12-13,19,24H,9,11H2,(H,25,27)(H,26,28). The Morgan fingerprint density at radius 1 is 0.893 bits per heavy atom. The Kier molecular flexibility index (Phi) is 3.86. The Balaban J connectivity index is 1.40. The fourth-order valence-electron chi connectivity index (χ4n) is 3.97. The Labute approximate surface area is 162 Å². The molecule has 5 nitrogen and oxygen atoms in total. The van der Waals surface area contributed by atoms with Gasteiger partial charge in [0.1, 0.15) is 0 Å². The number of carbonyl (C=O) groups excluding carboxylic acids is 2. The van der Waals surface area contributed by atoms with Gasteiger partial charge in [-0.2, -0.15) is 0 Å². The third-order valence-corrected chi connectivity index (χ3v) is 5.41. The molecule has 5 rings (SSSR count). The maximum atomic E-state index is 12.8. The second kappa shape index (κ2) is 6.53. The summed E-state index contributed by atoms with van der Waals surface area (Å²) in [6.45, 7) is 0. The van der Waals surface area contributed by atoms with Crippen LogP contribution in [0, 0.1) is 0 Å². The van der Waals surface area contributed by atoms with Crippen LogP contribution in [0.2, 0.25) is 0 Å². The van der Waals surface area contributed by atoms with Crippen molar-refractivity contribution in [1.82, 2.24) is 5.32 Å². The van der Waals surface area contributed by atoms with Crippen molar-refractivity contribution in [2.75, 3.05) is 10.6 Å². The van der Waals surface area contributed by atoms with Gasteiger partial charge >= 0.3 is 0 Å². The molecule has 0 spiro atoms. The van der Waals surface area contributed by atoms with Gasteiger partial charge in [-0.15, -0.1) is 0 Å². The highest BCUT2D eigenvalue weighted by Crippen LogP contribution is 2.34. The summed E-state index contributed by atoms with van der Waals surface area (Å²) in [5.74, 6) is -0.329. The molecule has 1 heterocycles. The normalized spacial score (nSPS) is 16.7. The number of hydrogen-bond donors (Lipinski definition) is 3. The molecule has 0 saturated carbocycles. The zero-order valence-electron chi connectivity index (χ0n) is 15.2. The van der Waals surface area contributed by atoms with E-state index in [0.29, 0.717) is 16.8 Å². The average molecular weight is 369 g/mol. The number of amides is 2. The predicted octanol–water partition coefficient (Wildman–Crippen LogP) is 4.41. The van der Waals surface area contributed by atoms with Crippen LogP contribution in [-0.2, 0) is 6.42 Å². The van der Waals surface area contributed by atoms with E-state index >= 15 is 0 Å².